The third-order valence-electron chi connectivity index (χ3n) is 5.20. The molecule has 160 valence electrons. The van der Waals surface area contributed by atoms with Crippen LogP contribution in [0.3, 0.4) is 0 Å². The number of hydrogen-bond acceptors (Lipinski definition) is 3. The van der Waals surface area contributed by atoms with Crippen LogP contribution in [0, 0.1) is 24.2 Å². The Hall–Kier alpha value is -2.11. The van der Waals surface area contributed by atoms with E-state index < -0.39 is 0 Å². The van der Waals surface area contributed by atoms with Gasteiger partial charge in [-0.1, -0.05) is 42.0 Å². The van der Waals surface area contributed by atoms with Crippen LogP contribution >= 0.6 is 24.0 Å². The summed E-state index contributed by atoms with van der Waals surface area (Å²) < 4.78 is 6.13. The summed E-state index contributed by atoms with van der Waals surface area (Å²) in [5.41, 5.74) is 4.20. The van der Waals surface area contributed by atoms with E-state index in [0.29, 0.717) is 18.0 Å². The topological polar surface area (TPSA) is 69.4 Å². The average Bonchev–Trinajstić information content (AvgIpc) is 2.76. The number of halogens is 1. The highest BCUT2D eigenvalue weighted by Crippen LogP contribution is 2.33. The minimum absolute atomic E-state index is 0. The summed E-state index contributed by atoms with van der Waals surface area (Å²) in [5, 5.41) is 15.9. The number of aliphatic imine (C=N–C) groups is 1. The van der Waals surface area contributed by atoms with Gasteiger partial charge in [0.05, 0.1) is 24.3 Å². The predicted molar refractivity (Wildman–Crippen MR) is 132 cm³/mol. The van der Waals surface area contributed by atoms with Crippen molar-refractivity contribution in [3.8, 4) is 6.07 Å². The molecule has 0 spiro atoms. The number of nitriles is 1. The maximum atomic E-state index is 9.06. The van der Waals surface area contributed by atoms with Gasteiger partial charge in [-0.15, -0.1) is 24.0 Å². The minimum Gasteiger partial charge on any atom is -0.373 e. The summed E-state index contributed by atoms with van der Waals surface area (Å²) in [4.78, 5) is 4.70. The first-order valence-corrected chi connectivity index (χ1v) is 10.4. The third kappa shape index (κ3) is 6.99. The number of hydrogen-bond donors (Lipinski definition) is 2. The molecule has 2 aromatic rings. The van der Waals surface area contributed by atoms with Crippen LogP contribution in [0.1, 0.15) is 48.1 Å². The molecule has 1 saturated heterocycles. The van der Waals surface area contributed by atoms with E-state index in [2.05, 4.69) is 54.8 Å². The van der Waals surface area contributed by atoms with Gasteiger partial charge in [0.15, 0.2) is 5.96 Å². The molecule has 6 heteroatoms. The fraction of sp³-hybridized carbons (Fsp3) is 0.417. The van der Waals surface area contributed by atoms with Gasteiger partial charge in [0.2, 0.25) is 0 Å². The molecule has 30 heavy (non-hydrogen) atoms. The van der Waals surface area contributed by atoms with Gasteiger partial charge in [-0.2, -0.15) is 5.26 Å². The van der Waals surface area contributed by atoms with E-state index in [1.165, 1.54) is 11.1 Å². The number of nitrogens with zero attached hydrogens (tertiary/aromatic N) is 2. The van der Waals surface area contributed by atoms with E-state index in [-0.39, 0.29) is 30.1 Å². The van der Waals surface area contributed by atoms with Crippen molar-refractivity contribution in [2.24, 2.45) is 10.9 Å². The molecule has 0 bridgehead atoms. The van der Waals surface area contributed by atoms with Gasteiger partial charge in [0, 0.05) is 25.6 Å². The Balaban J connectivity index is 0.00000320. The van der Waals surface area contributed by atoms with Gasteiger partial charge in [-0.3, -0.25) is 0 Å². The Morgan fingerprint density at radius 1 is 1.20 bits per heavy atom. The number of guanidine groups is 1. The zero-order valence-electron chi connectivity index (χ0n) is 17.7. The van der Waals surface area contributed by atoms with Crippen molar-refractivity contribution in [3.05, 3.63) is 70.8 Å². The molecule has 2 N–H and O–H groups in total. The second-order valence-electron chi connectivity index (χ2n) is 7.49. The Bertz CT molecular complexity index is 860. The van der Waals surface area contributed by atoms with Crippen molar-refractivity contribution in [2.45, 2.75) is 39.3 Å². The first kappa shape index (κ1) is 24.2. The monoisotopic (exact) mass is 518 g/mol. The van der Waals surface area contributed by atoms with E-state index in [4.69, 9.17) is 15.0 Å². The van der Waals surface area contributed by atoms with E-state index in [0.717, 1.165) is 44.1 Å². The molecule has 2 atom stereocenters. The van der Waals surface area contributed by atoms with E-state index in [1.807, 2.05) is 24.3 Å². The lowest BCUT2D eigenvalue weighted by Gasteiger charge is -2.32. The van der Waals surface area contributed by atoms with Gasteiger partial charge in [0.25, 0.3) is 0 Å². The van der Waals surface area contributed by atoms with Crippen LogP contribution in [-0.4, -0.2) is 25.7 Å². The fourth-order valence-electron chi connectivity index (χ4n) is 3.66. The van der Waals surface area contributed by atoms with Crippen LogP contribution in [-0.2, 0) is 11.3 Å². The quantitative estimate of drug-likeness (QED) is 0.330. The zero-order chi connectivity index (χ0) is 20.5. The summed E-state index contributed by atoms with van der Waals surface area (Å²) in [6.07, 6.45) is 2.34. The second kappa shape index (κ2) is 12.6. The molecule has 1 fully saturated rings. The van der Waals surface area contributed by atoms with Crippen molar-refractivity contribution >= 4 is 29.9 Å². The Labute approximate surface area is 197 Å². The molecule has 0 radical (unpaired) electrons. The lowest BCUT2D eigenvalue weighted by molar-refractivity contribution is -0.0265. The molecule has 0 amide bonds. The molecular formula is C24H31IN4O. The van der Waals surface area contributed by atoms with Crippen LogP contribution in [0.5, 0.6) is 0 Å². The Morgan fingerprint density at radius 3 is 2.73 bits per heavy atom. The maximum Gasteiger partial charge on any atom is 0.191 e. The summed E-state index contributed by atoms with van der Waals surface area (Å²) in [6.45, 7) is 7.13. The molecule has 3 rings (SSSR count). The molecule has 2 aromatic carbocycles. The number of benzene rings is 2. The maximum absolute atomic E-state index is 9.06. The van der Waals surface area contributed by atoms with E-state index >= 15 is 0 Å². The van der Waals surface area contributed by atoms with E-state index in [1.54, 1.807) is 0 Å². The van der Waals surface area contributed by atoms with Crippen LogP contribution in [0.25, 0.3) is 0 Å². The smallest absolute Gasteiger partial charge is 0.191 e. The number of ether oxygens (including phenoxy) is 1. The Morgan fingerprint density at radius 2 is 2.00 bits per heavy atom. The second-order valence-corrected chi connectivity index (χ2v) is 7.49. The highest BCUT2D eigenvalue weighted by molar-refractivity contribution is 14.0. The van der Waals surface area contributed by atoms with Crippen molar-refractivity contribution in [2.75, 3.05) is 19.7 Å². The molecule has 0 aliphatic carbocycles. The van der Waals surface area contributed by atoms with Gasteiger partial charge in [-0.25, -0.2) is 4.99 Å². The molecule has 2 unspecified atom stereocenters. The van der Waals surface area contributed by atoms with Gasteiger partial charge < -0.3 is 15.4 Å². The van der Waals surface area contributed by atoms with Crippen LogP contribution in [0.4, 0.5) is 0 Å². The lowest BCUT2D eigenvalue weighted by Crippen LogP contribution is -2.42. The molecular weight excluding hydrogens is 487 g/mol. The highest BCUT2D eigenvalue weighted by Gasteiger charge is 2.27. The average molecular weight is 518 g/mol. The third-order valence-corrected chi connectivity index (χ3v) is 5.20. The standard InChI is InChI=1S/C24H30N4O.HI/c1-3-26-24(27-16-20-7-4-6-19(14-20)15-25)28-17-22-8-5-13-29-23(22)21-11-9-18(2)10-12-21;/h4,6-7,9-12,14,22-23H,3,5,8,13,16-17H2,1-2H3,(H2,26,27,28);1H. The van der Waals surface area contributed by atoms with Crippen LogP contribution in [0.2, 0.25) is 0 Å². The lowest BCUT2D eigenvalue weighted by atomic mass is 9.89. The molecule has 1 aliphatic rings. The Kier molecular flexibility index (Phi) is 10.1. The van der Waals surface area contributed by atoms with Gasteiger partial charge >= 0.3 is 0 Å². The van der Waals surface area contributed by atoms with Crippen molar-refractivity contribution < 1.29 is 4.74 Å². The first-order valence-electron chi connectivity index (χ1n) is 10.4. The minimum atomic E-state index is 0. The summed E-state index contributed by atoms with van der Waals surface area (Å²) in [6, 6.07) is 18.4. The first-order chi connectivity index (χ1) is 14.2. The fourth-order valence-corrected chi connectivity index (χ4v) is 3.66. The van der Waals surface area contributed by atoms with Crippen molar-refractivity contribution in [3.63, 3.8) is 0 Å². The molecule has 1 aliphatic heterocycles. The highest BCUT2D eigenvalue weighted by atomic mass is 127. The number of rotatable bonds is 6. The molecule has 0 aromatic heterocycles. The summed E-state index contributed by atoms with van der Waals surface area (Å²) in [5.74, 6) is 1.19. The normalized spacial score (nSPS) is 18.8. The van der Waals surface area contributed by atoms with Gasteiger partial charge in [0.1, 0.15) is 0 Å². The SMILES string of the molecule is CCNC(=NCc1cccc(C#N)c1)NCC1CCCOC1c1ccc(C)cc1.I. The zero-order valence-corrected chi connectivity index (χ0v) is 20.1. The molecule has 0 saturated carbocycles. The number of aryl methyl sites for hydroxylation is 1. The van der Waals surface area contributed by atoms with Crippen LogP contribution < -0.4 is 10.6 Å². The predicted octanol–water partition coefficient (Wildman–Crippen LogP) is 4.71. The van der Waals surface area contributed by atoms with Crippen LogP contribution in [0.15, 0.2) is 53.5 Å². The molecule has 5 nitrogen and oxygen atoms in total. The van der Waals surface area contributed by atoms with Gasteiger partial charge in [-0.05, 0) is 49.9 Å². The van der Waals surface area contributed by atoms with Crippen molar-refractivity contribution in [1.82, 2.24) is 10.6 Å². The summed E-state index contributed by atoms with van der Waals surface area (Å²) >= 11 is 0. The molecule has 1 heterocycles. The van der Waals surface area contributed by atoms with Crippen molar-refractivity contribution in [1.29, 1.82) is 5.26 Å². The number of nitrogens with one attached hydrogen (secondary N) is 2. The largest absolute Gasteiger partial charge is 0.373 e. The van der Waals surface area contributed by atoms with E-state index in [9.17, 15) is 0 Å². The summed E-state index contributed by atoms with van der Waals surface area (Å²) in [7, 11) is 0.